The van der Waals surface area contributed by atoms with Gasteiger partial charge in [-0.25, -0.2) is 0 Å². The lowest BCUT2D eigenvalue weighted by Crippen LogP contribution is -2.37. The number of aromatic hydroxyl groups is 1. The van der Waals surface area contributed by atoms with E-state index in [-0.39, 0.29) is 0 Å². The Labute approximate surface area is 102 Å². The van der Waals surface area contributed by atoms with Gasteiger partial charge in [-0.1, -0.05) is 49.7 Å². The summed E-state index contributed by atoms with van der Waals surface area (Å²) in [4.78, 5) is 0. The fraction of sp³-hybridized carbons (Fsp3) is 0.500. The molecule has 0 bridgehead atoms. The van der Waals surface area contributed by atoms with Crippen LogP contribution in [0.25, 0.3) is 0 Å². The van der Waals surface area contributed by atoms with Crippen LogP contribution in [0.4, 0.5) is 0 Å². The first-order valence-electron chi connectivity index (χ1n) is 5.29. The summed E-state index contributed by atoms with van der Waals surface area (Å²) in [5.74, 6) is 0.445. The van der Waals surface area contributed by atoms with Gasteiger partial charge in [-0.05, 0) is 28.4 Å². The predicted octanol–water partition coefficient (Wildman–Crippen LogP) is 3.68. The second-order valence-electron chi connectivity index (χ2n) is 4.40. The maximum atomic E-state index is 9.96. The first kappa shape index (κ1) is 12.8. The van der Waals surface area contributed by atoms with Crippen LogP contribution in [-0.4, -0.2) is 13.9 Å². The molecule has 83 valence electrons. The van der Waals surface area contributed by atoms with Crippen molar-refractivity contribution in [2.24, 2.45) is 0 Å². The van der Waals surface area contributed by atoms with E-state index in [9.17, 15) is 5.11 Å². The highest BCUT2D eigenvalue weighted by Gasteiger charge is 2.26. The maximum Gasteiger partial charge on any atom is 0.115 e. The van der Waals surface area contributed by atoms with Crippen LogP contribution in [0.15, 0.2) is 22.7 Å². The fourth-order valence-electron chi connectivity index (χ4n) is 2.04. The number of phenols is 1. The zero-order valence-electron chi connectivity index (χ0n) is 9.71. The van der Waals surface area contributed by atoms with E-state index in [4.69, 9.17) is 0 Å². The average Bonchev–Trinajstić information content (AvgIpc) is 2.09. The van der Waals surface area contributed by atoms with Crippen molar-refractivity contribution in [2.45, 2.75) is 38.8 Å². The van der Waals surface area contributed by atoms with Gasteiger partial charge in [-0.15, -0.1) is 0 Å². The topological polar surface area (TPSA) is 20.2 Å². The van der Waals surface area contributed by atoms with Gasteiger partial charge in [-0.3, -0.25) is 0 Å². The van der Waals surface area contributed by atoms with Gasteiger partial charge in [0.2, 0.25) is 0 Å². The standard InChI is InChI=1S/C12H18BrOSi/c1-8(2)15(9(3)4)12-10(13)6-5-7-11(12)14/h5-9,14H,1-4H3. The molecule has 0 aliphatic heterocycles. The number of halogens is 1. The Morgan fingerprint density at radius 2 is 1.67 bits per heavy atom. The van der Waals surface area contributed by atoms with Crippen LogP contribution in [0.5, 0.6) is 5.75 Å². The highest BCUT2D eigenvalue weighted by atomic mass is 79.9. The van der Waals surface area contributed by atoms with Gasteiger partial charge < -0.3 is 5.11 Å². The molecule has 0 heterocycles. The summed E-state index contributed by atoms with van der Waals surface area (Å²) >= 11 is 3.55. The molecule has 1 aromatic carbocycles. The molecule has 0 saturated heterocycles. The molecule has 0 spiro atoms. The summed E-state index contributed by atoms with van der Waals surface area (Å²) in [5.41, 5.74) is 1.25. The molecule has 15 heavy (non-hydrogen) atoms. The zero-order chi connectivity index (χ0) is 11.6. The van der Waals surface area contributed by atoms with Crippen LogP contribution in [0.2, 0.25) is 11.1 Å². The van der Waals surface area contributed by atoms with Crippen molar-refractivity contribution in [3.63, 3.8) is 0 Å². The SMILES string of the molecule is CC(C)[Si](c1c(O)cccc1Br)C(C)C. The van der Waals surface area contributed by atoms with E-state index in [2.05, 4.69) is 43.6 Å². The van der Waals surface area contributed by atoms with Gasteiger partial charge in [-0.2, -0.15) is 0 Å². The fourth-order valence-corrected chi connectivity index (χ4v) is 6.31. The highest BCUT2D eigenvalue weighted by Crippen LogP contribution is 2.26. The summed E-state index contributed by atoms with van der Waals surface area (Å²) in [6.45, 7) is 8.97. The molecule has 0 saturated carbocycles. The first-order valence-corrected chi connectivity index (χ1v) is 7.74. The number of phenolic OH excluding ortho intramolecular Hbond substituents is 1. The minimum Gasteiger partial charge on any atom is -0.508 e. The van der Waals surface area contributed by atoms with Gasteiger partial charge in [0.05, 0.1) is 8.80 Å². The number of rotatable bonds is 3. The molecule has 1 nitrogen and oxygen atoms in total. The summed E-state index contributed by atoms with van der Waals surface area (Å²) in [6.07, 6.45) is 0. The second kappa shape index (κ2) is 5.17. The molecule has 1 aromatic rings. The maximum absolute atomic E-state index is 9.96. The monoisotopic (exact) mass is 285 g/mol. The Hall–Kier alpha value is -0.283. The third-order valence-electron chi connectivity index (χ3n) is 2.52. The summed E-state index contributed by atoms with van der Waals surface area (Å²) in [5, 5.41) is 11.1. The Kier molecular flexibility index (Phi) is 4.41. The zero-order valence-corrected chi connectivity index (χ0v) is 12.3. The lowest BCUT2D eigenvalue weighted by Gasteiger charge is -2.25. The van der Waals surface area contributed by atoms with Gasteiger partial charge in [0.15, 0.2) is 0 Å². The van der Waals surface area contributed by atoms with Crippen molar-refractivity contribution in [3.05, 3.63) is 22.7 Å². The molecule has 0 aliphatic carbocycles. The number of benzene rings is 1. The molecule has 0 atom stereocenters. The Bertz CT molecular complexity index is 308. The van der Waals surface area contributed by atoms with Crippen molar-refractivity contribution < 1.29 is 5.11 Å². The third-order valence-corrected chi connectivity index (χ3v) is 7.14. The summed E-state index contributed by atoms with van der Waals surface area (Å²) in [7, 11) is -0.713. The van der Waals surface area contributed by atoms with Crippen LogP contribution >= 0.6 is 15.9 Å². The summed E-state index contributed by atoms with van der Waals surface area (Å²) < 4.78 is 1.05. The van der Waals surface area contributed by atoms with E-state index in [1.807, 2.05) is 12.1 Å². The molecule has 0 aliphatic rings. The van der Waals surface area contributed by atoms with E-state index >= 15 is 0 Å². The van der Waals surface area contributed by atoms with Crippen molar-refractivity contribution >= 4 is 29.9 Å². The Balaban J connectivity index is 3.22. The smallest absolute Gasteiger partial charge is 0.115 e. The number of hydrogen-bond donors (Lipinski definition) is 1. The molecule has 0 unspecified atom stereocenters. The largest absolute Gasteiger partial charge is 0.508 e. The van der Waals surface area contributed by atoms with Crippen molar-refractivity contribution in [1.29, 1.82) is 0 Å². The van der Waals surface area contributed by atoms with Crippen LogP contribution in [-0.2, 0) is 0 Å². The first-order chi connectivity index (χ1) is 6.95. The van der Waals surface area contributed by atoms with Crippen molar-refractivity contribution in [3.8, 4) is 5.75 Å². The van der Waals surface area contributed by atoms with Crippen molar-refractivity contribution in [1.82, 2.24) is 0 Å². The minimum atomic E-state index is -0.713. The molecule has 1 rings (SSSR count). The van der Waals surface area contributed by atoms with E-state index in [1.165, 1.54) is 0 Å². The van der Waals surface area contributed by atoms with E-state index < -0.39 is 8.80 Å². The van der Waals surface area contributed by atoms with Crippen LogP contribution < -0.4 is 5.19 Å². The van der Waals surface area contributed by atoms with Gasteiger partial charge in [0, 0.05) is 4.47 Å². The second-order valence-corrected chi connectivity index (χ2v) is 8.97. The molecule has 0 amide bonds. The van der Waals surface area contributed by atoms with E-state index in [1.54, 1.807) is 6.07 Å². The molecule has 1 radical (unpaired) electrons. The molecule has 0 aromatic heterocycles. The van der Waals surface area contributed by atoms with E-state index in [0.29, 0.717) is 16.8 Å². The quantitative estimate of drug-likeness (QED) is 0.840. The van der Waals surface area contributed by atoms with Gasteiger partial charge in [0.1, 0.15) is 5.75 Å². The molecular formula is C12H18BrOSi. The molecule has 1 N–H and O–H groups in total. The summed E-state index contributed by atoms with van der Waals surface area (Å²) in [6, 6.07) is 5.68. The van der Waals surface area contributed by atoms with E-state index in [0.717, 1.165) is 9.66 Å². The molecular weight excluding hydrogens is 268 g/mol. The average molecular weight is 286 g/mol. The number of hydrogen-bond acceptors (Lipinski definition) is 1. The minimum absolute atomic E-state index is 0.445. The Morgan fingerprint density at radius 3 is 2.07 bits per heavy atom. The molecule has 3 heteroatoms. The van der Waals surface area contributed by atoms with Crippen LogP contribution in [0.1, 0.15) is 27.7 Å². The lowest BCUT2D eigenvalue weighted by molar-refractivity contribution is 0.479. The Morgan fingerprint density at radius 1 is 1.13 bits per heavy atom. The third kappa shape index (κ3) is 2.85. The van der Waals surface area contributed by atoms with Crippen LogP contribution in [0, 0.1) is 0 Å². The van der Waals surface area contributed by atoms with Gasteiger partial charge >= 0.3 is 0 Å². The predicted molar refractivity (Wildman–Crippen MR) is 71.4 cm³/mol. The highest BCUT2D eigenvalue weighted by molar-refractivity contribution is 9.10. The lowest BCUT2D eigenvalue weighted by atomic mass is 10.3. The van der Waals surface area contributed by atoms with Gasteiger partial charge in [0.25, 0.3) is 0 Å². The van der Waals surface area contributed by atoms with Crippen LogP contribution in [0.3, 0.4) is 0 Å². The normalized spacial score (nSPS) is 11.7. The molecule has 0 fully saturated rings. The van der Waals surface area contributed by atoms with Crippen molar-refractivity contribution in [2.75, 3.05) is 0 Å².